The first-order chi connectivity index (χ1) is 9.69. The minimum atomic E-state index is 0.0319. The van der Waals surface area contributed by atoms with Crippen LogP contribution in [0.5, 0.6) is 0 Å². The topological polar surface area (TPSA) is 38.8 Å². The molecule has 20 heavy (non-hydrogen) atoms. The Balaban J connectivity index is 2.63. The SMILES string of the molecule is CCOCCN(CCOCC)C(=O)c1ccc(C)cc1. The van der Waals surface area contributed by atoms with Crippen LogP contribution < -0.4 is 0 Å². The number of amides is 1. The zero-order valence-electron chi connectivity index (χ0n) is 12.7. The summed E-state index contributed by atoms with van der Waals surface area (Å²) in [4.78, 5) is 14.2. The van der Waals surface area contributed by atoms with Gasteiger partial charge in [-0.3, -0.25) is 4.79 Å². The summed E-state index contributed by atoms with van der Waals surface area (Å²) in [5.41, 5.74) is 1.86. The Labute approximate surface area is 121 Å². The highest BCUT2D eigenvalue weighted by Crippen LogP contribution is 2.07. The maximum atomic E-state index is 12.5. The summed E-state index contributed by atoms with van der Waals surface area (Å²) in [6.45, 7) is 9.53. The van der Waals surface area contributed by atoms with Gasteiger partial charge < -0.3 is 14.4 Å². The van der Waals surface area contributed by atoms with E-state index in [1.165, 1.54) is 0 Å². The van der Waals surface area contributed by atoms with Gasteiger partial charge in [0.05, 0.1) is 13.2 Å². The maximum Gasteiger partial charge on any atom is 0.254 e. The Morgan fingerprint density at radius 1 is 1.00 bits per heavy atom. The molecule has 0 heterocycles. The first kappa shape index (κ1) is 16.7. The van der Waals surface area contributed by atoms with Crippen molar-refractivity contribution in [3.63, 3.8) is 0 Å². The minimum absolute atomic E-state index is 0.0319. The minimum Gasteiger partial charge on any atom is -0.380 e. The van der Waals surface area contributed by atoms with E-state index in [0.717, 1.165) is 5.56 Å². The molecule has 0 N–H and O–H groups in total. The van der Waals surface area contributed by atoms with Crippen molar-refractivity contribution >= 4 is 5.91 Å². The zero-order valence-corrected chi connectivity index (χ0v) is 12.7. The Kier molecular flexibility index (Phi) is 7.92. The highest BCUT2D eigenvalue weighted by molar-refractivity contribution is 5.94. The quantitative estimate of drug-likeness (QED) is 0.652. The summed E-state index contributed by atoms with van der Waals surface area (Å²) >= 11 is 0. The van der Waals surface area contributed by atoms with Crippen molar-refractivity contribution in [2.75, 3.05) is 39.5 Å². The molecule has 0 saturated carbocycles. The lowest BCUT2D eigenvalue weighted by molar-refractivity contribution is 0.0550. The molecule has 0 spiro atoms. The van der Waals surface area contributed by atoms with Crippen LogP contribution in [0.3, 0.4) is 0 Å². The third-order valence-electron chi connectivity index (χ3n) is 3.01. The van der Waals surface area contributed by atoms with Crippen molar-refractivity contribution < 1.29 is 14.3 Å². The van der Waals surface area contributed by atoms with E-state index in [9.17, 15) is 4.79 Å². The van der Waals surface area contributed by atoms with Crippen LogP contribution in [0.1, 0.15) is 29.8 Å². The molecule has 0 bridgehead atoms. The van der Waals surface area contributed by atoms with Gasteiger partial charge in [-0.25, -0.2) is 0 Å². The molecule has 0 aliphatic heterocycles. The second kappa shape index (κ2) is 9.50. The third kappa shape index (κ3) is 5.72. The number of aryl methyl sites for hydroxylation is 1. The van der Waals surface area contributed by atoms with E-state index >= 15 is 0 Å². The number of rotatable bonds is 9. The molecule has 0 aliphatic carbocycles. The fourth-order valence-electron chi connectivity index (χ4n) is 1.83. The van der Waals surface area contributed by atoms with Crippen LogP contribution in [0.4, 0.5) is 0 Å². The number of carbonyl (C=O) groups excluding carboxylic acids is 1. The lowest BCUT2D eigenvalue weighted by Gasteiger charge is -2.22. The summed E-state index contributed by atoms with van der Waals surface area (Å²) in [5.74, 6) is 0.0319. The fourth-order valence-corrected chi connectivity index (χ4v) is 1.83. The molecule has 4 heteroatoms. The monoisotopic (exact) mass is 279 g/mol. The van der Waals surface area contributed by atoms with Gasteiger partial charge >= 0.3 is 0 Å². The van der Waals surface area contributed by atoms with E-state index in [1.54, 1.807) is 4.90 Å². The average Bonchev–Trinajstić information content (AvgIpc) is 2.46. The summed E-state index contributed by atoms with van der Waals surface area (Å²) in [7, 11) is 0. The molecule has 4 nitrogen and oxygen atoms in total. The second-order valence-electron chi connectivity index (χ2n) is 4.55. The molecule has 1 rings (SSSR count). The van der Waals surface area contributed by atoms with Gasteiger partial charge in [0.15, 0.2) is 0 Å². The number of hydrogen-bond donors (Lipinski definition) is 0. The van der Waals surface area contributed by atoms with Crippen LogP contribution in [-0.4, -0.2) is 50.3 Å². The Morgan fingerprint density at radius 2 is 1.50 bits per heavy atom. The van der Waals surface area contributed by atoms with E-state index in [4.69, 9.17) is 9.47 Å². The Morgan fingerprint density at radius 3 is 1.95 bits per heavy atom. The van der Waals surface area contributed by atoms with Crippen LogP contribution >= 0.6 is 0 Å². The molecular weight excluding hydrogens is 254 g/mol. The van der Waals surface area contributed by atoms with Crippen molar-refractivity contribution in [3.8, 4) is 0 Å². The number of benzene rings is 1. The van der Waals surface area contributed by atoms with Gasteiger partial charge in [0.1, 0.15) is 0 Å². The average molecular weight is 279 g/mol. The number of ether oxygens (including phenoxy) is 2. The van der Waals surface area contributed by atoms with Crippen LogP contribution in [0.25, 0.3) is 0 Å². The lowest BCUT2D eigenvalue weighted by Crippen LogP contribution is -2.36. The van der Waals surface area contributed by atoms with Crippen molar-refractivity contribution in [1.82, 2.24) is 4.90 Å². The van der Waals surface area contributed by atoms with Gasteiger partial charge in [0, 0.05) is 31.9 Å². The van der Waals surface area contributed by atoms with Crippen molar-refractivity contribution in [3.05, 3.63) is 35.4 Å². The first-order valence-electron chi connectivity index (χ1n) is 7.20. The molecule has 0 unspecified atom stereocenters. The van der Waals surface area contributed by atoms with E-state index in [2.05, 4.69) is 0 Å². The molecule has 0 fully saturated rings. The standard InChI is InChI=1S/C16H25NO3/c1-4-19-12-10-17(11-13-20-5-2)16(18)15-8-6-14(3)7-9-15/h6-9H,4-5,10-13H2,1-3H3. The van der Waals surface area contributed by atoms with E-state index in [1.807, 2.05) is 45.0 Å². The predicted octanol–water partition coefficient (Wildman–Crippen LogP) is 2.51. The predicted molar refractivity (Wildman–Crippen MR) is 80.1 cm³/mol. The Bertz CT molecular complexity index is 379. The van der Waals surface area contributed by atoms with Crippen LogP contribution in [0.2, 0.25) is 0 Å². The van der Waals surface area contributed by atoms with E-state index in [0.29, 0.717) is 45.1 Å². The van der Waals surface area contributed by atoms with Gasteiger partial charge in [-0.2, -0.15) is 0 Å². The number of carbonyl (C=O) groups is 1. The van der Waals surface area contributed by atoms with Crippen LogP contribution in [-0.2, 0) is 9.47 Å². The van der Waals surface area contributed by atoms with Crippen LogP contribution in [0, 0.1) is 6.92 Å². The number of nitrogens with zero attached hydrogens (tertiary/aromatic N) is 1. The lowest BCUT2D eigenvalue weighted by atomic mass is 10.1. The van der Waals surface area contributed by atoms with Gasteiger partial charge in [-0.1, -0.05) is 17.7 Å². The molecule has 0 aliphatic rings. The maximum absolute atomic E-state index is 12.5. The molecule has 1 aromatic rings. The molecule has 0 atom stereocenters. The third-order valence-corrected chi connectivity index (χ3v) is 3.01. The second-order valence-corrected chi connectivity index (χ2v) is 4.55. The van der Waals surface area contributed by atoms with Gasteiger partial charge in [-0.15, -0.1) is 0 Å². The molecule has 1 amide bonds. The summed E-state index contributed by atoms with van der Waals surface area (Å²) in [6.07, 6.45) is 0. The molecule has 1 aromatic carbocycles. The van der Waals surface area contributed by atoms with Crippen molar-refractivity contribution in [1.29, 1.82) is 0 Å². The molecule has 0 aromatic heterocycles. The molecule has 0 radical (unpaired) electrons. The summed E-state index contributed by atoms with van der Waals surface area (Å²) in [5, 5.41) is 0. The van der Waals surface area contributed by atoms with Gasteiger partial charge in [-0.05, 0) is 32.9 Å². The highest BCUT2D eigenvalue weighted by atomic mass is 16.5. The van der Waals surface area contributed by atoms with Gasteiger partial charge in [0.2, 0.25) is 0 Å². The molecular formula is C16H25NO3. The van der Waals surface area contributed by atoms with Crippen molar-refractivity contribution in [2.45, 2.75) is 20.8 Å². The largest absolute Gasteiger partial charge is 0.380 e. The molecule has 0 saturated heterocycles. The zero-order chi connectivity index (χ0) is 14.8. The summed E-state index contributed by atoms with van der Waals surface area (Å²) < 4.78 is 10.7. The number of hydrogen-bond acceptors (Lipinski definition) is 3. The molecule has 112 valence electrons. The van der Waals surface area contributed by atoms with E-state index in [-0.39, 0.29) is 5.91 Å². The first-order valence-corrected chi connectivity index (χ1v) is 7.20. The van der Waals surface area contributed by atoms with E-state index < -0.39 is 0 Å². The fraction of sp³-hybridized carbons (Fsp3) is 0.562. The Hall–Kier alpha value is -1.39. The van der Waals surface area contributed by atoms with Crippen LogP contribution in [0.15, 0.2) is 24.3 Å². The van der Waals surface area contributed by atoms with Crippen molar-refractivity contribution in [2.24, 2.45) is 0 Å². The van der Waals surface area contributed by atoms with Gasteiger partial charge in [0.25, 0.3) is 5.91 Å². The highest BCUT2D eigenvalue weighted by Gasteiger charge is 2.15. The normalized spacial score (nSPS) is 10.6. The summed E-state index contributed by atoms with van der Waals surface area (Å²) in [6, 6.07) is 7.64. The smallest absolute Gasteiger partial charge is 0.254 e.